The third-order valence-electron chi connectivity index (χ3n) is 1.79. The number of nitrogens with one attached hydrogen (secondary N) is 1. The second-order valence-corrected chi connectivity index (χ2v) is 3.90. The van der Waals surface area contributed by atoms with Crippen LogP contribution in [0.1, 0.15) is 13.3 Å². The van der Waals surface area contributed by atoms with E-state index < -0.39 is 0 Å². The van der Waals surface area contributed by atoms with Gasteiger partial charge in [-0.2, -0.15) is 0 Å². The number of aromatic nitrogens is 4. The van der Waals surface area contributed by atoms with Gasteiger partial charge in [0.25, 0.3) is 0 Å². The molecule has 0 amide bonds. The average molecular weight is 238 g/mol. The van der Waals surface area contributed by atoms with Crippen molar-refractivity contribution in [3.8, 4) is 0 Å². The summed E-state index contributed by atoms with van der Waals surface area (Å²) in [7, 11) is 0. The molecule has 16 heavy (non-hydrogen) atoms. The number of carbonyl (C=O) groups excluding carboxylic acids is 1. The van der Waals surface area contributed by atoms with Gasteiger partial charge in [-0.3, -0.25) is 0 Å². The van der Waals surface area contributed by atoms with Crippen molar-refractivity contribution in [3.05, 3.63) is 12.7 Å². The molecule has 2 aromatic rings. The largest absolute Gasteiger partial charge is 0.457 e. The molecule has 2 aromatic heterocycles. The summed E-state index contributed by atoms with van der Waals surface area (Å²) < 4.78 is 4.95. The number of thioether (sulfide) groups is 1. The van der Waals surface area contributed by atoms with Crippen LogP contribution in [0.2, 0.25) is 0 Å². The van der Waals surface area contributed by atoms with Crippen molar-refractivity contribution in [1.82, 2.24) is 19.9 Å². The van der Waals surface area contributed by atoms with Crippen molar-refractivity contribution in [2.75, 3.05) is 6.61 Å². The maximum Gasteiger partial charge on any atom is 0.373 e. The highest BCUT2D eigenvalue weighted by molar-refractivity contribution is 8.13. The number of fused-ring (bicyclic) bond motifs is 1. The van der Waals surface area contributed by atoms with Gasteiger partial charge in [-0.05, 0) is 6.42 Å². The minimum absolute atomic E-state index is 0.364. The second kappa shape index (κ2) is 4.93. The van der Waals surface area contributed by atoms with Crippen LogP contribution in [0, 0.1) is 0 Å². The summed E-state index contributed by atoms with van der Waals surface area (Å²) in [5, 5.41) is 0.167. The number of H-pyrrole nitrogens is 1. The first-order valence-electron chi connectivity index (χ1n) is 4.80. The van der Waals surface area contributed by atoms with Gasteiger partial charge in [-0.25, -0.2) is 19.7 Å². The van der Waals surface area contributed by atoms with Gasteiger partial charge < -0.3 is 9.72 Å². The second-order valence-electron chi connectivity index (χ2n) is 2.98. The van der Waals surface area contributed by atoms with E-state index in [-0.39, 0.29) is 5.30 Å². The Kier molecular flexibility index (Phi) is 3.35. The Balaban J connectivity index is 2.14. The Hall–Kier alpha value is -1.63. The van der Waals surface area contributed by atoms with Crippen LogP contribution in [0.3, 0.4) is 0 Å². The molecular formula is C9H10N4O2S. The van der Waals surface area contributed by atoms with Gasteiger partial charge in [0.2, 0.25) is 0 Å². The highest BCUT2D eigenvalue weighted by Gasteiger charge is 2.12. The van der Waals surface area contributed by atoms with Gasteiger partial charge in [0.1, 0.15) is 16.9 Å². The SMILES string of the molecule is CCCOC(=O)Sc1ncnc2nc[nH]c12. The van der Waals surface area contributed by atoms with Gasteiger partial charge in [0, 0.05) is 11.8 Å². The van der Waals surface area contributed by atoms with Crippen LogP contribution < -0.4 is 0 Å². The molecule has 0 aliphatic rings. The van der Waals surface area contributed by atoms with E-state index in [9.17, 15) is 4.79 Å². The third kappa shape index (κ3) is 2.30. The fourth-order valence-corrected chi connectivity index (χ4v) is 1.77. The number of ether oxygens (including phenoxy) is 1. The number of carbonyl (C=O) groups is 1. The van der Waals surface area contributed by atoms with Crippen molar-refractivity contribution >= 4 is 28.2 Å². The Morgan fingerprint density at radius 2 is 2.38 bits per heavy atom. The van der Waals surface area contributed by atoms with Crippen LogP contribution in [0.5, 0.6) is 0 Å². The van der Waals surface area contributed by atoms with E-state index in [0.717, 1.165) is 18.2 Å². The molecule has 0 saturated carbocycles. The summed E-state index contributed by atoms with van der Waals surface area (Å²) in [4.78, 5) is 26.2. The molecule has 0 bridgehead atoms. The molecule has 0 aliphatic carbocycles. The summed E-state index contributed by atoms with van der Waals surface area (Å²) in [5.74, 6) is 0. The number of aromatic amines is 1. The standard InChI is InChI=1S/C9H10N4O2S/c1-2-3-15-9(14)16-8-6-7(11-4-10-6)12-5-13-8/h4-5H,2-3H2,1H3,(H,10,11,12,13). The number of hydrogen-bond acceptors (Lipinski definition) is 6. The summed E-state index contributed by atoms with van der Waals surface area (Å²) in [6, 6.07) is 0. The predicted molar refractivity (Wildman–Crippen MR) is 59.2 cm³/mol. The predicted octanol–water partition coefficient (Wildman–Crippen LogP) is 1.99. The van der Waals surface area contributed by atoms with E-state index >= 15 is 0 Å². The zero-order valence-corrected chi connectivity index (χ0v) is 9.45. The first-order chi connectivity index (χ1) is 7.81. The first-order valence-corrected chi connectivity index (χ1v) is 5.61. The van der Waals surface area contributed by atoms with Crippen molar-refractivity contribution in [2.45, 2.75) is 18.4 Å². The van der Waals surface area contributed by atoms with E-state index in [2.05, 4.69) is 19.9 Å². The lowest BCUT2D eigenvalue weighted by atomic mass is 10.5. The normalized spacial score (nSPS) is 10.6. The fourth-order valence-electron chi connectivity index (χ4n) is 1.11. The Morgan fingerprint density at radius 3 is 3.19 bits per heavy atom. The van der Waals surface area contributed by atoms with Crippen LogP contribution in [0.15, 0.2) is 17.7 Å². The number of imidazole rings is 1. The lowest BCUT2D eigenvalue weighted by Gasteiger charge is -2.01. The summed E-state index contributed by atoms with van der Waals surface area (Å²) in [5.41, 5.74) is 1.20. The Morgan fingerprint density at radius 1 is 1.50 bits per heavy atom. The quantitative estimate of drug-likeness (QED) is 0.500. The van der Waals surface area contributed by atoms with Crippen LogP contribution >= 0.6 is 11.8 Å². The molecule has 0 spiro atoms. The van der Waals surface area contributed by atoms with Gasteiger partial charge in [0.15, 0.2) is 5.65 Å². The van der Waals surface area contributed by atoms with Crippen molar-refractivity contribution in [2.24, 2.45) is 0 Å². The lowest BCUT2D eigenvalue weighted by molar-refractivity contribution is 0.175. The lowest BCUT2D eigenvalue weighted by Crippen LogP contribution is -1.99. The smallest absolute Gasteiger partial charge is 0.373 e. The van der Waals surface area contributed by atoms with Crippen molar-refractivity contribution < 1.29 is 9.53 Å². The van der Waals surface area contributed by atoms with E-state index in [1.165, 1.54) is 12.7 Å². The van der Waals surface area contributed by atoms with Gasteiger partial charge >= 0.3 is 5.30 Å². The number of hydrogen-bond donors (Lipinski definition) is 1. The third-order valence-corrected chi connectivity index (χ3v) is 2.58. The van der Waals surface area contributed by atoms with E-state index in [1.54, 1.807) is 0 Å². The number of nitrogens with zero attached hydrogens (tertiary/aromatic N) is 3. The summed E-state index contributed by atoms with van der Waals surface area (Å²) in [6.45, 7) is 2.36. The zero-order valence-electron chi connectivity index (χ0n) is 8.64. The van der Waals surface area contributed by atoms with E-state index in [4.69, 9.17) is 4.74 Å². The van der Waals surface area contributed by atoms with Gasteiger partial charge in [-0.15, -0.1) is 0 Å². The molecule has 84 valence electrons. The van der Waals surface area contributed by atoms with Gasteiger partial charge in [-0.1, -0.05) is 6.92 Å². The van der Waals surface area contributed by atoms with E-state index in [0.29, 0.717) is 22.8 Å². The van der Waals surface area contributed by atoms with Crippen LogP contribution in [-0.4, -0.2) is 31.8 Å². The molecule has 2 rings (SSSR count). The molecule has 2 heterocycles. The monoisotopic (exact) mass is 238 g/mol. The minimum Gasteiger partial charge on any atom is -0.457 e. The molecular weight excluding hydrogens is 228 g/mol. The molecule has 0 aliphatic heterocycles. The average Bonchev–Trinajstić information content (AvgIpc) is 2.75. The maximum atomic E-state index is 11.4. The van der Waals surface area contributed by atoms with E-state index in [1.807, 2.05) is 6.92 Å². The summed E-state index contributed by atoms with van der Waals surface area (Å²) >= 11 is 0.934. The minimum atomic E-state index is -0.364. The maximum absolute atomic E-state index is 11.4. The van der Waals surface area contributed by atoms with Crippen molar-refractivity contribution in [3.63, 3.8) is 0 Å². The number of rotatable bonds is 3. The molecule has 0 unspecified atom stereocenters. The molecule has 0 atom stereocenters. The molecule has 0 aromatic carbocycles. The van der Waals surface area contributed by atoms with Crippen molar-refractivity contribution in [1.29, 1.82) is 0 Å². The fraction of sp³-hybridized carbons (Fsp3) is 0.333. The molecule has 0 radical (unpaired) electrons. The molecule has 1 N–H and O–H groups in total. The van der Waals surface area contributed by atoms with Crippen LogP contribution in [0.4, 0.5) is 4.79 Å². The highest BCUT2D eigenvalue weighted by Crippen LogP contribution is 2.23. The molecule has 7 heteroatoms. The zero-order chi connectivity index (χ0) is 11.4. The first kappa shape index (κ1) is 10.9. The highest BCUT2D eigenvalue weighted by atomic mass is 32.2. The Bertz CT molecular complexity index is 499. The van der Waals surface area contributed by atoms with Crippen LogP contribution in [0.25, 0.3) is 11.2 Å². The molecule has 6 nitrogen and oxygen atoms in total. The summed E-state index contributed by atoms with van der Waals surface area (Å²) in [6.07, 6.45) is 3.69. The molecule has 0 saturated heterocycles. The van der Waals surface area contributed by atoms with Crippen LogP contribution in [-0.2, 0) is 4.74 Å². The van der Waals surface area contributed by atoms with Gasteiger partial charge in [0.05, 0.1) is 12.9 Å². The Labute approximate surface area is 95.8 Å². The molecule has 0 fully saturated rings. The topological polar surface area (TPSA) is 80.8 Å².